The molecule has 2 saturated heterocycles. The van der Waals surface area contributed by atoms with Crippen LogP contribution >= 0.6 is 0 Å². The van der Waals surface area contributed by atoms with Crippen LogP contribution in [0.3, 0.4) is 0 Å². The summed E-state index contributed by atoms with van der Waals surface area (Å²) in [6, 6.07) is 0. The SMILES string of the molecule is CN=C(NCCCNC(=O)C1CCC1)N1CCC(OCC2CCCCO2)CC1. The van der Waals surface area contributed by atoms with Crippen molar-refractivity contribution in [2.24, 2.45) is 10.9 Å². The minimum absolute atomic E-state index is 0.233. The highest BCUT2D eigenvalue weighted by atomic mass is 16.5. The first-order valence-corrected chi connectivity index (χ1v) is 11.2. The van der Waals surface area contributed by atoms with Crippen LogP contribution in [0.25, 0.3) is 0 Å². The zero-order chi connectivity index (χ0) is 19.6. The third-order valence-electron chi connectivity index (χ3n) is 6.16. The highest BCUT2D eigenvalue weighted by molar-refractivity contribution is 5.80. The summed E-state index contributed by atoms with van der Waals surface area (Å²) in [5.74, 6) is 1.46. The average molecular weight is 395 g/mol. The Bertz CT molecular complexity index is 496. The number of aliphatic imine (C=N–C) groups is 1. The second kappa shape index (κ2) is 11.6. The molecule has 1 unspecified atom stereocenters. The zero-order valence-corrected chi connectivity index (χ0v) is 17.5. The summed E-state index contributed by atoms with van der Waals surface area (Å²) in [5.41, 5.74) is 0. The molecule has 3 aliphatic rings. The molecule has 28 heavy (non-hydrogen) atoms. The number of carbonyl (C=O) groups excluding carboxylic acids is 1. The molecule has 0 aromatic heterocycles. The van der Waals surface area contributed by atoms with Gasteiger partial charge in [-0.15, -0.1) is 0 Å². The first kappa shape index (κ1) is 21.4. The molecule has 0 aromatic carbocycles. The van der Waals surface area contributed by atoms with E-state index in [0.717, 1.165) is 83.9 Å². The Balaban J connectivity index is 1.25. The number of nitrogens with zero attached hydrogens (tertiary/aromatic N) is 2. The van der Waals surface area contributed by atoms with Crippen molar-refractivity contribution in [1.29, 1.82) is 0 Å². The monoisotopic (exact) mass is 394 g/mol. The zero-order valence-electron chi connectivity index (χ0n) is 17.5. The minimum Gasteiger partial charge on any atom is -0.376 e. The molecule has 2 aliphatic heterocycles. The van der Waals surface area contributed by atoms with Gasteiger partial charge in [0.05, 0.1) is 18.8 Å². The van der Waals surface area contributed by atoms with Crippen molar-refractivity contribution in [3.63, 3.8) is 0 Å². The van der Waals surface area contributed by atoms with Gasteiger partial charge in [-0.2, -0.15) is 0 Å². The fourth-order valence-corrected chi connectivity index (χ4v) is 4.06. The van der Waals surface area contributed by atoms with Gasteiger partial charge in [-0.1, -0.05) is 6.42 Å². The number of carbonyl (C=O) groups is 1. The number of piperidine rings is 1. The standard InChI is InChI=1S/C21H38N4O3/c1-22-21(24-12-5-11-23-20(26)17-6-4-7-17)25-13-9-18(10-14-25)28-16-19-8-2-3-15-27-19/h17-19H,2-16H2,1H3,(H,22,24)(H,23,26). The molecule has 1 atom stereocenters. The maximum atomic E-state index is 11.8. The Morgan fingerprint density at radius 1 is 1.07 bits per heavy atom. The first-order valence-electron chi connectivity index (χ1n) is 11.2. The highest BCUT2D eigenvalue weighted by Crippen LogP contribution is 2.26. The maximum Gasteiger partial charge on any atom is 0.223 e. The molecule has 0 aromatic rings. The van der Waals surface area contributed by atoms with Crippen molar-refractivity contribution in [3.8, 4) is 0 Å². The van der Waals surface area contributed by atoms with Crippen LogP contribution in [0.5, 0.6) is 0 Å². The molecule has 0 radical (unpaired) electrons. The topological polar surface area (TPSA) is 75.2 Å². The molecule has 1 aliphatic carbocycles. The van der Waals surface area contributed by atoms with Crippen molar-refractivity contribution >= 4 is 11.9 Å². The van der Waals surface area contributed by atoms with Gasteiger partial charge in [0.15, 0.2) is 5.96 Å². The number of guanidine groups is 1. The van der Waals surface area contributed by atoms with E-state index in [1.807, 2.05) is 7.05 Å². The smallest absolute Gasteiger partial charge is 0.223 e. The number of nitrogens with one attached hydrogen (secondary N) is 2. The third-order valence-corrected chi connectivity index (χ3v) is 6.16. The van der Waals surface area contributed by atoms with E-state index in [-0.39, 0.29) is 11.8 Å². The Hall–Kier alpha value is -1.34. The number of hydrogen-bond acceptors (Lipinski definition) is 4. The van der Waals surface area contributed by atoms with Crippen LogP contribution in [0, 0.1) is 5.92 Å². The Morgan fingerprint density at radius 3 is 2.50 bits per heavy atom. The van der Waals surface area contributed by atoms with Gasteiger partial charge >= 0.3 is 0 Å². The first-order chi connectivity index (χ1) is 13.8. The largest absolute Gasteiger partial charge is 0.376 e. The average Bonchev–Trinajstić information content (AvgIpc) is 2.69. The minimum atomic E-state index is 0.233. The predicted molar refractivity (Wildman–Crippen MR) is 110 cm³/mol. The molecule has 1 amide bonds. The van der Waals surface area contributed by atoms with Gasteiger partial charge in [0, 0.05) is 45.8 Å². The second-order valence-electron chi connectivity index (χ2n) is 8.25. The molecular weight excluding hydrogens is 356 g/mol. The fourth-order valence-electron chi connectivity index (χ4n) is 4.06. The number of likely N-dealkylation sites (tertiary alicyclic amines) is 1. The van der Waals surface area contributed by atoms with E-state index in [1.165, 1.54) is 19.3 Å². The fraction of sp³-hybridized carbons (Fsp3) is 0.905. The van der Waals surface area contributed by atoms with Gasteiger partial charge in [0.2, 0.25) is 5.91 Å². The van der Waals surface area contributed by atoms with Crippen molar-refractivity contribution in [1.82, 2.24) is 15.5 Å². The van der Waals surface area contributed by atoms with Crippen LogP contribution in [0.1, 0.15) is 57.8 Å². The van der Waals surface area contributed by atoms with Gasteiger partial charge in [-0.3, -0.25) is 9.79 Å². The van der Waals surface area contributed by atoms with E-state index in [9.17, 15) is 4.79 Å². The lowest BCUT2D eigenvalue weighted by Crippen LogP contribution is -2.47. The summed E-state index contributed by atoms with van der Waals surface area (Å²) in [6.45, 7) is 5.12. The van der Waals surface area contributed by atoms with Crippen LogP contribution in [-0.2, 0) is 14.3 Å². The van der Waals surface area contributed by atoms with E-state index < -0.39 is 0 Å². The molecule has 3 fully saturated rings. The molecule has 7 nitrogen and oxygen atoms in total. The second-order valence-corrected chi connectivity index (χ2v) is 8.25. The summed E-state index contributed by atoms with van der Waals surface area (Å²) < 4.78 is 11.9. The van der Waals surface area contributed by atoms with E-state index in [0.29, 0.717) is 12.2 Å². The van der Waals surface area contributed by atoms with Crippen LogP contribution in [-0.4, -0.2) is 75.4 Å². The quantitative estimate of drug-likeness (QED) is 0.374. The Morgan fingerprint density at radius 2 is 1.86 bits per heavy atom. The molecule has 2 N–H and O–H groups in total. The lowest BCUT2D eigenvalue weighted by molar-refractivity contribution is -0.127. The summed E-state index contributed by atoms with van der Waals surface area (Å²) in [4.78, 5) is 18.6. The van der Waals surface area contributed by atoms with E-state index in [4.69, 9.17) is 9.47 Å². The van der Waals surface area contributed by atoms with Crippen molar-refractivity contribution in [2.45, 2.75) is 70.0 Å². The van der Waals surface area contributed by atoms with E-state index in [2.05, 4.69) is 20.5 Å². The summed E-state index contributed by atoms with van der Waals surface area (Å²) >= 11 is 0. The van der Waals surface area contributed by atoms with Crippen molar-refractivity contribution < 1.29 is 14.3 Å². The lowest BCUT2D eigenvalue weighted by atomic mass is 9.85. The van der Waals surface area contributed by atoms with Crippen LogP contribution in [0.15, 0.2) is 4.99 Å². The van der Waals surface area contributed by atoms with Gasteiger partial charge < -0.3 is 25.0 Å². The number of ether oxygens (including phenoxy) is 2. The molecule has 2 heterocycles. The lowest BCUT2D eigenvalue weighted by Gasteiger charge is -2.35. The van der Waals surface area contributed by atoms with Gasteiger partial charge in [-0.05, 0) is 51.4 Å². The van der Waals surface area contributed by atoms with Crippen LogP contribution in [0.4, 0.5) is 0 Å². The molecule has 0 spiro atoms. The Labute approximate surface area is 169 Å². The van der Waals surface area contributed by atoms with Gasteiger partial charge in [0.25, 0.3) is 0 Å². The normalized spacial score (nSPS) is 24.7. The number of hydrogen-bond donors (Lipinski definition) is 2. The van der Waals surface area contributed by atoms with E-state index in [1.54, 1.807) is 0 Å². The highest BCUT2D eigenvalue weighted by Gasteiger charge is 2.25. The van der Waals surface area contributed by atoms with Crippen molar-refractivity contribution in [3.05, 3.63) is 0 Å². The van der Waals surface area contributed by atoms with E-state index >= 15 is 0 Å². The summed E-state index contributed by atoms with van der Waals surface area (Å²) in [6.07, 6.45) is 10.5. The molecule has 1 saturated carbocycles. The molecule has 3 rings (SSSR count). The number of amides is 1. The molecular formula is C21H38N4O3. The van der Waals surface area contributed by atoms with Gasteiger partial charge in [-0.25, -0.2) is 0 Å². The molecule has 7 heteroatoms. The number of rotatable bonds is 8. The van der Waals surface area contributed by atoms with Crippen LogP contribution in [0.2, 0.25) is 0 Å². The third kappa shape index (κ3) is 6.62. The Kier molecular flexibility index (Phi) is 8.86. The predicted octanol–water partition coefficient (Wildman–Crippen LogP) is 1.92. The molecule has 160 valence electrons. The van der Waals surface area contributed by atoms with Gasteiger partial charge in [0.1, 0.15) is 0 Å². The maximum absolute atomic E-state index is 11.8. The summed E-state index contributed by atoms with van der Waals surface area (Å²) in [5, 5.41) is 6.48. The van der Waals surface area contributed by atoms with Crippen molar-refractivity contribution in [2.75, 3.05) is 46.4 Å². The van der Waals surface area contributed by atoms with Crippen LogP contribution < -0.4 is 10.6 Å². The summed E-state index contributed by atoms with van der Waals surface area (Å²) in [7, 11) is 1.84. The molecule has 0 bridgehead atoms.